The second-order valence-electron chi connectivity index (χ2n) is 3.11. The predicted molar refractivity (Wildman–Crippen MR) is 50.0 cm³/mol. The highest BCUT2D eigenvalue weighted by molar-refractivity contribution is 7.99. The van der Waals surface area contributed by atoms with Crippen LogP contribution in [0, 0.1) is 5.92 Å². The van der Waals surface area contributed by atoms with Crippen LogP contribution in [0.2, 0.25) is 0 Å². The van der Waals surface area contributed by atoms with Gasteiger partial charge in [-0.05, 0) is 24.5 Å². The summed E-state index contributed by atoms with van der Waals surface area (Å²) in [6.45, 7) is 0. The molecule has 0 aromatic heterocycles. The fraction of sp³-hybridized carbons (Fsp3) is 0.875. The van der Waals surface area contributed by atoms with Crippen LogP contribution in [0.1, 0.15) is 12.8 Å². The number of hydrogen-bond donors (Lipinski definition) is 1. The Morgan fingerprint density at radius 2 is 2.42 bits per heavy atom. The summed E-state index contributed by atoms with van der Waals surface area (Å²) < 4.78 is 4.51. The smallest absolute Gasteiger partial charge is 0.323 e. The van der Waals surface area contributed by atoms with E-state index in [0.717, 1.165) is 11.7 Å². The van der Waals surface area contributed by atoms with Crippen LogP contribution in [0.3, 0.4) is 0 Å². The number of hydrogen-bond acceptors (Lipinski definition) is 4. The summed E-state index contributed by atoms with van der Waals surface area (Å²) in [5.41, 5.74) is 5.54. The van der Waals surface area contributed by atoms with Gasteiger partial charge in [-0.25, -0.2) is 0 Å². The van der Waals surface area contributed by atoms with Crippen molar-refractivity contribution in [2.75, 3.05) is 18.6 Å². The summed E-state index contributed by atoms with van der Waals surface area (Å²) in [7, 11) is 1.37. The first-order valence-electron chi connectivity index (χ1n) is 4.15. The molecule has 2 N–H and O–H groups in total. The molecular formula is C8H15NO2S. The number of esters is 1. The van der Waals surface area contributed by atoms with E-state index in [-0.39, 0.29) is 5.97 Å². The molecule has 0 bridgehead atoms. The van der Waals surface area contributed by atoms with Gasteiger partial charge in [0.25, 0.3) is 0 Å². The molecule has 0 aliphatic heterocycles. The summed E-state index contributed by atoms with van der Waals surface area (Å²) in [4.78, 5) is 10.8. The number of rotatable bonds is 5. The quantitative estimate of drug-likeness (QED) is 0.644. The van der Waals surface area contributed by atoms with Gasteiger partial charge in [0.05, 0.1) is 7.11 Å². The molecule has 1 atom stereocenters. The Labute approximate surface area is 77.0 Å². The first-order valence-corrected chi connectivity index (χ1v) is 5.30. The number of ether oxygens (including phenoxy) is 1. The van der Waals surface area contributed by atoms with Gasteiger partial charge in [0.2, 0.25) is 0 Å². The highest BCUT2D eigenvalue weighted by Crippen LogP contribution is 2.32. The van der Waals surface area contributed by atoms with Crippen molar-refractivity contribution in [1.29, 1.82) is 0 Å². The van der Waals surface area contributed by atoms with Gasteiger partial charge in [0.15, 0.2) is 0 Å². The molecule has 70 valence electrons. The number of carbonyl (C=O) groups is 1. The Morgan fingerprint density at radius 1 is 1.75 bits per heavy atom. The Hall–Kier alpha value is -0.220. The molecule has 4 heteroatoms. The molecule has 0 heterocycles. The molecular weight excluding hydrogens is 174 g/mol. The first kappa shape index (κ1) is 9.86. The van der Waals surface area contributed by atoms with Crippen molar-refractivity contribution in [2.24, 2.45) is 11.7 Å². The molecule has 1 rings (SSSR count). The molecule has 1 aliphatic carbocycles. The Morgan fingerprint density at radius 3 is 2.92 bits per heavy atom. The number of thioether (sulfide) groups is 1. The van der Waals surface area contributed by atoms with Crippen LogP contribution in [0.15, 0.2) is 0 Å². The Bertz CT molecular complexity index is 159. The standard InChI is InChI=1S/C8H15NO2S/c1-11-8(10)7(9)5-12-4-6-2-3-6/h6-7H,2-5,9H2,1H3. The largest absolute Gasteiger partial charge is 0.468 e. The minimum absolute atomic E-state index is 0.307. The van der Waals surface area contributed by atoms with Crippen LogP contribution >= 0.6 is 11.8 Å². The van der Waals surface area contributed by atoms with Crippen LogP contribution in [0.4, 0.5) is 0 Å². The normalized spacial score (nSPS) is 18.8. The van der Waals surface area contributed by atoms with Gasteiger partial charge in [-0.2, -0.15) is 11.8 Å². The van der Waals surface area contributed by atoms with E-state index in [1.165, 1.54) is 20.0 Å². The molecule has 0 aromatic rings. The van der Waals surface area contributed by atoms with Crippen LogP contribution in [-0.4, -0.2) is 30.6 Å². The monoisotopic (exact) mass is 189 g/mol. The fourth-order valence-corrected chi connectivity index (χ4v) is 2.06. The Balaban J connectivity index is 2.00. The van der Waals surface area contributed by atoms with E-state index < -0.39 is 6.04 Å². The van der Waals surface area contributed by atoms with E-state index in [0.29, 0.717) is 5.75 Å². The van der Waals surface area contributed by atoms with Crippen molar-refractivity contribution in [3.63, 3.8) is 0 Å². The van der Waals surface area contributed by atoms with Gasteiger partial charge in [-0.3, -0.25) is 4.79 Å². The zero-order valence-corrected chi connectivity index (χ0v) is 8.10. The molecule has 1 saturated carbocycles. The maximum atomic E-state index is 10.8. The van der Waals surface area contributed by atoms with Crippen molar-refractivity contribution >= 4 is 17.7 Å². The fourth-order valence-electron chi connectivity index (χ4n) is 0.866. The van der Waals surface area contributed by atoms with Gasteiger partial charge < -0.3 is 10.5 Å². The third kappa shape index (κ3) is 3.45. The number of carbonyl (C=O) groups excluding carboxylic acids is 1. The van der Waals surface area contributed by atoms with Gasteiger partial charge in [-0.15, -0.1) is 0 Å². The van der Waals surface area contributed by atoms with Crippen LogP contribution in [0.5, 0.6) is 0 Å². The summed E-state index contributed by atoms with van der Waals surface area (Å²) in [6.07, 6.45) is 2.70. The third-order valence-corrected chi connectivity index (χ3v) is 3.15. The van der Waals surface area contributed by atoms with E-state index >= 15 is 0 Å². The van der Waals surface area contributed by atoms with Crippen molar-refractivity contribution in [2.45, 2.75) is 18.9 Å². The van der Waals surface area contributed by atoms with Crippen molar-refractivity contribution in [3.05, 3.63) is 0 Å². The average Bonchev–Trinajstić information content (AvgIpc) is 2.86. The molecule has 0 aromatic carbocycles. The van der Waals surface area contributed by atoms with E-state index in [9.17, 15) is 4.79 Å². The Kier molecular flexibility index (Phi) is 3.88. The highest BCUT2D eigenvalue weighted by Gasteiger charge is 2.22. The zero-order chi connectivity index (χ0) is 8.97. The molecule has 0 saturated heterocycles. The van der Waals surface area contributed by atoms with Gasteiger partial charge >= 0.3 is 5.97 Å². The summed E-state index contributed by atoms with van der Waals surface area (Å²) in [6, 6.07) is -0.446. The molecule has 0 spiro atoms. The lowest BCUT2D eigenvalue weighted by Gasteiger charge is -2.07. The van der Waals surface area contributed by atoms with Crippen LogP contribution in [-0.2, 0) is 9.53 Å². The second kappa shape index (κ2) is 4.72. The molecule has 1 aliphatic rings. The minimum Gasteiger partial charge on any atom is -0.468 e. The summed E-state index contributed by atoms with van der Waals surface area (Å²) in [5.74, 6) is 2.41. The van der Waals surface area contributed by atoms with Gasteiger partial charge in [-0.1, -0.05) is 0 Å². The van der Waals surface area contributed by atoms with Crippen molar-refractivity contribution < 1.29 is 9.53 Å². The van der Waals surface area contributed by atoms with Crippen LogP contribution in [0.25, 0.3) is 0 Å². The predicted octanol–water partition coefficient (Wildman–Crippen LogP) is 0.630. The van der Waals surface area contributed by atoms with E-state index in [1.54, 1.807) is 11.8 Å². The maximum absolute atomic E-state index is 10.8. The lowest BCUT2D eigenvalue weighted by atomic mass is 10.4. The second-order valence-corrected chi connectivity index (χ2v) is 4.19. The first-order chi connectivity index (χ1) is 5.74. The molecule has 0 radical (unpaired) electrons. The third-order valence-electron chi connectivity index (χ3n) is 1.85. The van der Waals surface area contributed by atoms with Gasteiger partial charge in [0, 0.05) is 5.75 Å². The number of methoxy groups -OCH3 is 1. The van der Waals surface area contributed by atoms with Crippen molar-refractivity contribution in [1.82, 2.24) is 0 Å². The molecule has 0 amide bonds. The van der Waals surface area contributed by atoms with E-state index in [2.05, 4.69) is 4.74 Å². The minimum atomic E-state index is -0.446. The molecule has 3 nitrogen and oxygen atoms in total. The molecule has 1 fully saturated rings. The lowest BCUT2D eigenvalue weighted by Crippen LogP contribution is -2.33. The lowest BCUT2D eigenvalue weighted by molar-refractivity contribution is -0.141. The average molecular weight is 189 g/mol. The van der Waals surface area contributed by atoms with Gasteiger partial charge in [0.1, 0.15) is 6.04 Å². The van der Waals surface area contributed by atoms with E-state index in [1.807, 2.05) is 0 Å². The topological polar surface area (TPSA) is 52.3 Å². The van der Waals surface area contributed by atoms with Crippen molar-refractivity contribution in [3.8, 4) is 0 Å². The molecule has 12 heavy (non-hydrogen) atoms. The highest BCUT2D eigenvalue weighted by atomic mass is 32.2. The zero-order valence-electron chi connectivity index (χ0n) is 7.29. The van der Waals surface area contributed by atoms with Crippen LogP contribution < -0.4 is 5.73 Å². The summed E-state index contributed by atoms with van der Waals surface area (Å²) in [5, 5.41) is 0. The SMILES string of the molecule is COC(=O)C(N)CSCC1CC1. The molecule has 1 unspecified atom stereocenters. The summed E-state index contributed by atoms with van der Waals surface area (Å²) >= 11 is 1.75. The maximum Gasteiger partial charge on any atom is 0.323 e. The van der Waals surface area contributed by atoms with E-state index in [4.69, 9.17) is 5.73 Å². The number of nitrogens with two attached hydrogens (primary N) is 1.